The summed E-state index contributed by atoms with van der Waals surface area (Å²) in [6, 6.07) is 15.1. The van der Waals surface area contributed by atoms with Gasteiger partial charge in [-0.05, 0) is 29.0 Å². The van der Waals surface area contributed by atoms with Gasteiger partial charge < -0.3 is 10.0 Å². The largest absolute Gasteiger partial charge is 0.508 e. The van der Waals surface area contributed by atoms with Crippen LogP contribution in [0.15, 0.2) is 59.3 Å². The van der Waals surface area contributed by atoms with Crippen LogP contribution in [0.5, 0.6) is 5.75 Å². The number of benzene rings is 1. The lowest BCUT2D eigenvalue weighted by Gasteiger charge is -2.22. The molecule has 0 bridgehead atoms. The highest BCUT2D eigenvalue weighted by molar-refractivity contribution is 7.10. The van der Waals surface area contributed by atoms with Crippen LogP contribution in [0.25, 0.3) is 0 Å². The summed E-state index contributed by atoms with van der Waals surface area (Å²) in [5.41, 5.74) is 0.667. The van der Waals surface area contributed by atoms with E-state index in [9.17, 15) is 9.90 Å². The van der Waals surface area contributed by atoms with E-state index in [0.29, 0.717) is 18.7 Å². The van der Waals surface area contributed by atoms with Crippen LogP contribution in [-0.2, 0) is 24.3 Å². The molecule has 0 fully saturated rings. The van der Waals surface area contributed by atoms with Crippen LogP contribution in [0.3, 0.4) is 0 Å². The van der Waals surface area contributed by atoms with Crippen molar-refractivity contribution in [3.8, 4) is 5.75 Å². The first-order chi connectivity index (χ1) is 11.2. The van der Waals surface area contributed by atoms with Gasteiger partial charge in [-0.1, -0.05) is 30.3 Å². The standard InChI is InChI=1S/C18H17NO2S2/c20-17-8-2-1-5-14(17)11-18(21)19(12-15-6-3-9-22-15)13-16-7-4-10-23-16/h1-10,20H,11-13H2. The van der Waals surface area contributed by atoms with Gasteiger partial charge in [0.1, 0.15) is 5.75 Å². The number of hydrogen-bond acceptors (Lipinski definition) is 4. The van der Waals surface area contributed by atoms with Gasteiger partial charge in [-0.25, -0.2) is 0 Å². The minimum Gasteiger partial charge on any atom is -0.508 e. The quantitative estimate of drug-likeness (QED) is 0.725. The van der Waals surface area contributed by atoms with Crippen LogP contribution in [0.1, 0.15) is 15.3 Å². The molecule has 0 aliphatic carbocycles. The fourth-order valence-electron chi connectivity index (χ4n) is 2.35. The second kappa shape index (κ2) is 7.44. The molecule has 1 aromatic carbocycles. The summed E-state index contributed by atoms with van der Waals surface area (Å²) in [6.07, 6.45) is 0.212. The zero-order valence-corrected chi connectivity index (χ0v) is 14.1. The van der Waals surface area contributed by atoms with E-state index in [2.05, 4.69) is 0 Å². The first kappa shape index (κ1) is 15.8. The van der Waals surface area contributed by atoms with Crippen LogP contribution in [0.4, 0.5) is 0 Å². The Morgan fingerprint density at radius 1 is 0.913 bits per heavy atom. The average molecular weight is 343 g/mol. The molecule has 0 saturated heterocycles. The normalized spacial score (nSPS) is 10.6. The third-order valence-electron chi connectivity index (χ3n) is 3.54. The van der Waals surface area contributed by atoms with Crippen molar-refractivity contribution in [2.45, 2.75) is 19.5 Å². The first-order valence-corrected chi connectivity index (χ1v) is 9.07. The van der Waals surface area contributed by atoms with Crippen molar-refractivity contribution < 1.29 is 9.90 Å². The Morgan fingerprint density at radius 2 is 1.52 bits per heavy atom. The van der Waals surface area contributed by atoms with Gasteiger partial charge >= 0.3 is 0 Å². The SMILES string of the molecule is O=C(Cc1ccccc1O)N(Cc1cccs1)Cc1cccs1. The number of carbonyl (C=O) groups is 1. The van der Waals surface area contributed by atoms with Crippen molar-refractivity contribution in [1.82, 2.24) is 4.90 Å². The van der Waals surface area contributed by atoms with Crippen molar-refractivity contribution in [2.75, 3.05) is 0 Å². The van der Waals surface area contributed by atoms with E-state index in [0.717, 1.165) is 9.75 Å². The van der Waals surface area contributed by atoms with Gasteiger partial charge in [0.2, 0.25) is 5.91 Å². The number of carbonyl (C=O) groups excluding carboxylic acids is 1. The average Bonchev–Trinajstić information content (AvgIpc) is 3.22. The van der Waals surface area contributed by atoms with Crippen LogP contribution < -0.4 is 0 Å². The molecule has 3 rings (SSSR count). The van der Waals surface area contributed by atoms with Gasteiger partial charge in [0.15, 0.2) is 0 Å². The summed E-state index contributed by atoms with van der Waals surface area (Å²) in [7, 11) is 0. The summed E-state index contributed by atoms with van der Waals surface area (Å²) in [5, 5.41) is 13.9. The Labute approximate surface area is 143 Å². The van der Waals surface area contributed by atoms with Gasteiger partial charge in [-0.2, -0.15) is 0 Å². The number of phenols is 1. The highest BCUT2D eigenvalue weighted by Gasteiger charge is 2.17. The number of para-hydroxylation sites is 1. The number of amides is 1. The van der Waals surface area contributed by atoms with Crippen LogP contribution >= 0.6 is 22.7 Å². The Morgan fingerprint density at radius 3 is 2.04 bits per heavy atom. The lowest BCUT2D eigenvalue weighted by molar-refractivity contribution is -0.131. The first-order valence-electron chi connectivity index (χ1n) is 7.32. The number of nitrogens with zero attached hydrogens (tertiary/aromatic N) is 1. The fraction of sp³-hybridized carbons (Fsp3) is 0.167. The van der Waals surface area contributed by atoms with E-state index in [1.165, 1.54) is 0 Å². The molecule has 0 aliphatic heterocycles. The molecule has 3 nitrogen and oxygen atoms in total. The molecule has 0 unspecified atom stereocenters. The molecule has 0 saturated carbocycles. The molecule has 0 aliphatic rings. The monoisotopic (exact) mass is 343 g/mol. The molecular formula is C18H17NO2S2. The Kier molecular flexibility index (Phi) is 5.10. The minimum atomic E-state index is 0.0216. The Hall–Kier alpha value is -2.11. The maximum atomic E-state index is 12.7. The molecular weight excluding hydrogens is 326 g/mol. The van der Waals surface area contributed by atoms with Gasteiger partial charge in [-0.15, -0.1) is 22.7 Å². The van der Waals surface area contributed by atoms with E-state index in [-0.39, 0.29) is 18.1 Å². The van der Waals surface area contributed by atoms with Gasteiger partial charge in [0, 0.05) is 15.3 Å². The summed E-state index contributed by atoms with van der Waals surface area (Å²) in [4.78, 5) is 16.9. The molecule has 0 atom stereocenters. The van der Waals surface area contributed by atoms with Crippen molar-refractivity contribution in [2.24, 2.45) is 0 Å². The summed E-state index contributed by atoms with van der Waals surface area (Å²) >= 11 is 3.30. The maximum absolute atomic E-state index is 12.7. The number of phenolic OH excluding ortho intramolecular Hbond substituents is 1. The molecule has 5 heteroatoms. The van der Waals surface area contributed by atoms with E-state index in [4.69, 9.17) is 0 Å². The number of thiophene rings is 2. The zero-order chi connectivity index (χ0) is 16.1. The van der Waals surface area contributed by atoms with Crippen molar-refractivity contribution in [3.63, 3.8) is 0 Å². The molecule has 0 spiro atoms. The molecule has 23 heavy (non-hydrogen) atoms. The van der Waals surface area contributed by atoms with Gasteiger partial charge in [0.25, 0.3) is 0 Å². The summed E-state index contributed by atoms with van der Waals surface area (Å²) in [6.45, 7) is 1.20. The lowest BCUT2D eigenvalue weighted by Crippen LogP contribution is -2.30. The van der Waals surface area contributed by atoms with Gasteiger partial charge in [0.05, 0.1) is 19.5 Å². The number of hydrogen-bond donors (Lipinski definition) is 1. The fourth-order valence-corrected chi connectivity index (χ4v) is 3.79. The summed E-state index contributed by atoms with van der Waals surface area (Å²) < 4.78 is 0. The molecule has 1 amide bonds. The number of aromatic hydroxyl groups is 1. The molecule has 118 valence electrons. The van der Waals surface area contributed by atoms with E-state index >= 15 is 0 Å². The van der Waals surface area contributed by atoms with Crippen LogP contribution in [0.2, 0.25) is 0 Å². The smallest absolute Gasteiger partial charge is 0.227 e. The molecule has 1 N–H and O–H groups in total. The van der Waals surface area contributed by atoms with Crippen LogP contribution in [0, 0.1) is 0 Å². The number of rotatable bonds is 6. The zero-order valence-electron chi connectivity index (χ0n) is 12.5. The van der Waals surface area contributed by atoms with E-state index in [1.807, 2.05) is 46.0 Å². The predicted molar refractivity (Wildman–Crippen MR) is 94.7 cm³/mol. The highest BCUT2D eigenvalue weighted by atomic mass is 32.1. The third kappa shape index (κ3) is 4.21. The molecule has 2 aromatic heterocycles. The second-order valence-electron chi connectivity index (χ2n) is 5.21. The highest BCUT2D eigenvalue weighted by Crippen LogP contribution is 2.21. The maximum Gasteiger partial charge on any atom is 0.227 e. The van der Waals surface area contributed by atoms with Crippen molar-refractivity contribution in [3.05, 3.63) is 74.6 Å². The van der Waals surface area contributed by atoms with E-state index < -0.39 is 0 Å². The van der Waals surface area contributed by atoms with Crippen molar-refractivity contribution >= 4 is 28.6 Å². The topological polar surface area (TPSA) is 40.5 Å². The molecule has 3 aromatic rings. The van der Waals surface area contributed by atoms with Crippen LogP contribution in [-0.4, -0.2) is 15.9 Å². The second-order valence-corrected chi connectivity index (χ2v) is 7.28. The van der Waals surface area contributed by atoms with Crippen molar-refractivity contribution in [1.29, 1.82) is 0 Å². The molecule has 2 heterocycles. The lowest BCUT2D eigenvalue weighted by atomic mass is 10.1. The summed E-state index contributed by atoms with van der Waals surface area (Å²) in [5.74, 6) is 0.196. The Balaban J connectivity index is 1.76. The Bertz CT molecular complexity index is 715. The molecule has 0 radical (unpaired) electrons. The van der Waals surface area contributed by atoms with E-state index in [1.54, 1.807) is 40.9 Å². The predicted octanol–water partition coefficient (Wildman–Crippen LogP) is 4.29. The minimum absolute atomic E-state index is 0.0216. The van der Waals surface area contributed by atoms with Gasteiger partial charge in [-0.3, -0.25) is 4.79 Å². The third-order valence-corrected chi connectivity index (χ3v) is 5.26.